The molecule has 8 nitrogen and oxygen atoms in total. The molecule has 0 amide bonds. The first-order valence-electron chi connectivity index (χ1n) is 6.02. The molecule has 0 aliphatic carbocycles. The number of hydrogen-bond acceptors (Lipinski definition) is 5. The van der Waals surface area contributed by atoms with Crippen LogP contribution in [0.2, 0.25) is 0 Å². The quantitative estimate of drug-likeness (QED) is 0.600. The highest BCUT2D eigenvalue weighted by atomic mass is 31.2. The predicted octanol–water partition coefficient (Wildman–Crippen LogP) is 0.305. The molecule has 0 aromatic rings. The van der Waals surface area contributed by atoms with Crippen LogP contribution in [0, 0.1) is 0 Å². The summed E-state index contributed by atoms with van der Waals surface area (Å²) in [7, 11) is -5.42. The van der Waals surface area contributed by atoms with Crippen LogP contribution in [0.4, 0.5) is 0 Å². The standard InChI is InChI=1S/C9H22N2O6P2/c1-4-17-19(15,16)9(18(12,13)14)11-6-5-8(7-11)10(2)3/h8-9H,4-7H2,1-3H3,(H,15,16)(H2,12,13,14). The molecule has 3 unspecified atom stereocenters. The highest BCUT2D eigenvalue weighted by Gasteiger charge is 2.51. The van der Waals surface area contributed by atoms with Crippen molar-refractivity contribution in [2.24, 2.45) is 0 Å². The van der Waals surface area contributed by atoms with Crippen molar-refractivity contribution in [2.45, 2.75) is 24.9 Å². The molecule has 19 heavy (non-hydrogen) atoms. The van der Waals surface area contributed by atoms with Crippen molar-refractivity contribution in [1.82, 2.24) is 9.80 Å². The van der Waals surface area contributed by atoms with Crippen molar-refractivity contribution in [1.29, 1.82) is 0 Å². The molecule has 114 valence electrons. The van der Waals surface area contributed by atoms with Crippen LogP contribution in [0.3, 0.4) is 0 Å². The number of likely N-dealkylation sites (tertiary alicyclic amines) is 1. The van der Waals surface area contributed by atoms with Gasteiger partial charge in [0, 0.05) is 19.1 Å². The summed E-state index contributed by atoms with van der Waals surface area (Å²) in [6.07, 6.45) is 0.690. The van der Waals surface area contributed by atoms with E-state index >= 15 is 0 Å². The second-order valence-corrected chi connectivity index (χ2v) is 8.77. The third kappa shape index (κ3) is 4.34. The lowest BCUT2D eigenvalue weighted by molar-refractivity contribution is 0.210. The Morgan fingerprint density at radius 3 is 2.32 bits per heavy atom. The van der Waals surface area contributed by atoms with Crippen LogP contribution in [0.25, 0.3) is 0 Å². The smallest absolute Gasteiger partial charge is 0.323 e. The molecule has 1 aliphatic rings. The summed E-state index contributed by atoms with van der Waals surface area (Å²) in [6, 6.07) is 0.107. The van der Waals surface area contributed by atoms with Gasteiger partial charge in [0.25, 0.3) is 0 Å². The van der Waals surface area contributed by atoms with E-state index in [1.807, 2.05) is 19.0 Å². The average molecular weight is 316 g/mol. The van der Waals surface area contributed by atoms with Gasteiger partial charge in [-0.2, -0.15) is 0 Å². The van der Waals surface area contributed by atoms with Crippen molar-refractivity contribution in [3.05, 3.63) is 0 Å². The zero-order valence-electron chi connectivity index (χ0n) is 11.3. The van der Waals surface area contributed by atoms with E-state index in [1.165, 1.54) is 11.8 Å². The van der Waals surface area contributed by atoms with Crippen LogP contribution in [-0.2, 0) is 13.7 Å². The van der Waals surface area contributed by atoms with E-state index in [9.17, 15) is 23.8 Å². The molecule has 1 heterocycles. The Balaban J connectivity index is 2.95. The van der Waals surface area contributed by atoms with E-state index in [0.717, 1.165) is 0 Å². The van der Waals surface area contributed by atoms with Gasteiger partial charge in [0.15, 0.2) is 0 Å². The Labute approximate surface area is 113 Å². The number of hydrogen-bond donors (Lipinski definition) is 3. The van der Waals surface area contributed by atoms with Gasteiger partial charge in [-0.05, 0) is 27.4 Å². The molecule has 0 saturated carbocycles. The van der Waals surface area contributed by atoms with Crippen molar-refractivity contribution in [3.8, 4) is 0 Å². The highest BCUT2D eigenvalue weighted by molar-refractivity contribution is 7.71. The van der Waals surface area contributed by atoms with Gasteiger partial charge in [-0.1, -0.05) is 0 Å². The van der Waals surface area contributed by atoms with Gasteiger partial charge in [-0.15, -0.1) is 0 Å². The number of likely N-dealkylation sites (N-methyl/N-ethyl adjacent to an activating group) is 1. The molecule has 0 aromatic heterocycles. The van der Waals surface area contributed by atoms with E-state index in [4.69, 9.17) is 0 Å². The van der Waals surface area contributed by atoms with E-state index in [2.05, 4.69) is 4.52 Å². The van der Waals surface area contributed by atoms with Crippen molar-refractivity contribution in [3.63, 3.8) is 0 Å². The lowest BCUT2D eigenvalue weighted by atomic mass is 10.2. The lowest BCUT2D eigenvalue weighted by Gasteiger charge is -2.31. The minimum Gasteiger partial charge on any atom is -0.323 e. The SMILES string of the molecule is CCOP(=O)(O)C(N1CCC(N(C)C)C1)P(=O)(O)O. The number of nitrogens with zero attached hydrogens (tertiary/aromatic N) is 2. The molecule has 0 aromatic carbocycles. The zero-order valence-corrected chi connectivity index (χ0v) is 13.1. The van der Waals surface area contributed by atoms with Crippen LogP contribution in [0.1, 0.15) is 13.3 Å². The summed E-state index contributed by atoms with van der Waals surface area (Å²) in [5.41, 5.74) is -1.77. The zero-order chi connectivity index (χ0) is 14.8. The first-order chi connectivity index (χ1) is 8.59. The maximum absolute atomic E-state index is 12.0. The first kappa shape index (κ1) is 17.3. The van der Waals surface area contributed by atoms with Crippen molar-refractivity contribution < 1.29 is 28.3 Å². The third-order valence-corrected chi connectivity index (χ3v) is 7.40. The van der Waals surface area contributed by atoms with Crippen LogP contribution >= 0.6 is 15.2 Å². The van der Waals surface area contributed by atoms with Crippen LogP contribution < -0.4 is 0 Å². The largest absolute Gasteiger partial charge is 0.357 e. The molecular formula is C9H22N2O6P2. The highest BCUT2D eigenvalue weighted by Crippen LogP contribution is 2.64. The van der Waals surface area contributed by atoms with Gasteiger partial charge in [0.1, 0.15) is 0 Å². The van der Waals surface area contributed by atoms with E-state index in [0.29, 0.717) is 19.5 Å². The maximum atomic E-state index is 12.0. The summed E-state index contributed by atoms with van der Waals surface area (Å²) < 4.78 is 28.2. The normalized spacial score (nSPS) is 26.6. The second kappa shape index (κ2) is 6.33. The third-order valence-electron chi connectivity index (χ3n) is 3.16. The summed E-state index contributed by atoms with van der Waals surface area (Å²) in [4.78, 5) is 31.8. The maximum Gasteiger partial charge on any atom is 0.357 e. The Morgan fingerprint density at radius 2 is 1.95 bits per heavy atom. The summed E-state index contributed by atoms with van der Waals surface area (Å²) in [5, 5.41) is 0. The van der Waals surface area contributed by atoms with Crippen molar-refractivity contribution in [2.75, 3.05) is 33.8 Å². The van der Waals surface area contributed by atoms with Crippen LogP contribution in [0.15, 0.2) is 0 Å². The average Bonchev–Trinajstić information content (AvgIpc) is 2.63. The summed E-state index contributed by atoms with van der Waals surface area (Å²) in [5.74, 6) is 0. The number of rotatable bonds is 6. The minimum atomic E-state index is -4.76. The van der Waals surface area contributed by atoms with Gasteiger partial charge in [-0.3, -0.25) is 14.0 Å². The van der Waals surface area contributed by atoms with Gasteiger partial charge in [-0.25, -0.2) is 0 Å². The lowest BCUT2D eigenvalue weighted by Crippen LogP contribution is -2.37. The minimum absolute atomic E-state index is 0.0742. The Hall–Kier alpha value is 0.220. The molecule has 3 atom stereocenters. The molecule has 0 bridgehead atoms. The monoisotopic (exact) mass is 316 g/mol. The Bertz CT molecular complexity index is 398. The van der Waals surface area contributed by atoms with Gasteiger partial charge in [0.2, 0.25) is 5.52 Å². The molecule has 0 radical (unpaired) electrons. The Morgan fingerprint density at radius 1 is 1.37 bits per heavy atom. The molecule has 3 N–H and O–H groups in total. The Kier molecular flexibility index (Phi) is 5.75. The molecule has 0 spiro atoms. The molecule has 1 rings (SSSR count). The molecule has 1 aliphatic heterocycles. The van der Waals surface area contributed by atoms with Crippen LogP contribution in [-0.4, -0.2) is 69.8 Å². The first-order valence-corrected chi connectivity index (χ1v) is 9.35. The van der Waals surface area contributed by atoms with E-state index in [-0.39, 0.29) is 12.6 Å². The fourth-order valence-corrected chi connectivity index (χ4v) is 5.74. The predicted molar refractivity (Wildman–Crippen MR) is 70.9 cm³/mol. The van der Waals surface area contributed by atoms with Gasteiger partial charge < -0.3 is 24.1 Å². The second-order valence-electron chi connectivity index (χ2n) is 4.82. The van der Waals surface area contributed by atoms with Crippen molar-refractivity contribution >= 4 is 15.2 Å². The fourth-order valence-electron chi connectivity index (χ4n) is 2.26. The van der Waals surface area contributed by atoms with E-state index < -0.39 is 20.7 Å². The van der Waals surface area contributed by atoms with Crippen LogP contribution in [0.5, 0.6) is 0 Å². The molecule has 10 heteroatoms. The fraction of sp³-hybridized carbons (Fsp3) is 1.00. The van der Waals surface area contributed by atoms with Gasteiger partial charge in [0.05, 0.1) is 6.61 Å². The summed E-state index contributed by atoms with van der Waals surface area (Å²) in [6.45, 7) is 2.12. The van der Waals surface area contributed by atoms with E-state index in [1.54, 1.807) is 0 Å². The topological polar surface area (TPSA) is 111 Å². The summed E-state index contributed by atoms with van der Waals surface area (Å²) >= 11 is 0. The molecular weight excluding hydrogens is 294 g/mol. The molecule has 1 fully saturated rings. The molecule has 1 saturated heterocycles. The van der Waals surface area contributed by atoms with Gasteiger partial charge >= 0.3 is 15.2 Å².